The first-order valence-electron chi connectivity index (χ1n) is 11.4. The number of methoxy groups -OCH3 is 2. The van der Waals surface area contributed by atoms with Crippen LogP contribution in [0.4, 0.5) is 4.79 Å². The van der Waals surface area contributed by atoms with Crippen molar-refractivity contribution in [2.75, 3.05) is 20.8 Å². The van der Waals surface area contributed by atoms with Crippen LogP contribution in [0.2, 0.25) is 0 Å². The molecule has 0 saturated heterocycles. The summed E-state index contributed by atoms with van der Waals surface area (Å²) in [6, 6.07) is 21.6. The van der Waals surface area contributed by atoms with Crippen LogP contribution in [0.15, 0.2) is 66.7 Å². The Balaban J connectivity index is 1.84. The number of aryl methyl sites for hydroxylation is 1. The molecule has 1 N–H and O–H groups in total. The summed E-state index contributed by atoms with van der Waals surface area (Å²) >= 11 is 0. The third-order valence-electron chi connectivity index (χ3n) is 5.71. The lowest BCUT2D eigenvalue weighted by Gasteiger charge is -2.22. The van der Waals surface area contributed by atoms with Crippen molar-refractivity contribution in [3.8, 4) is 16.9 Å². The van der Waals surface area contributed by atoms with Gasteiger partial charge < -0.3 is 19.7 Å². The molecule has 3 rings (SSSR count). The predicted molar refractivity (Wildman–Crippen MR) is 134 cm³/mol. The molecule has 0 atom stereocenters. The quantitative estimate of drug-likeness (QED) is 0.450. The Hall–Kier alpha value is -3.80. The summed E-state index contributed by atoms with van der Waals surface area (Å²) in [6.07, 6.45) is 0.177. The van der Waals surface area contributed by atoms with E-state index < -0.39 is 0 Å². The van der Waals surface area contributed by atoms with Crippen molar-refractivity contribution in [1.82, 2.24) is 10.2 Å². The van der Waals surface area contributed by atoms with Gasteiger partial charge in [0.05, 0.1) is 20.6 Å². The Kier molecular flexibility index (Phi) is 8.68. The minimum Gasteiger partial charge on any atom is -0.496 e. The van der Waals surface area contributed by atoms with Gasteiger partial charge in [0.2, 0.25) is 0 Å². The normalized spacial score (nSPS) is 10.5. The number of carbonyl (C=O) groups is 2. The summed E-state index contributed by atoms with van der Waals surface area (Å²) in [6.45, 7) is 5.51. The first-order valence-corrected chi connectivity index (χ1v) is 11.4. The van der Waals surface area contributed by atoms with E-state index in [1.54, 1.807) is 12.0 Å². The van der Waals surface area contributed by atoms with Crippen LogP contribution in [0, 0.1) is 6.92 Å². The van der Waals surface area contributed by atoms with Crippen molar-refractivity contribution in [2.24, 2.45) is 0 Å². The number of ether oxygens (including phenoxy) is 2. The molecule has 3 aromatic rings. The van der Waals surface area contributed by atoms with Gasteiger partial charge in [0.15, 0.2) is 0 Å². The minimum atomic E-state index is -0.300. The molecule has 6 nitrogen and oxygen atoms in total. The molecule has 0 aliphatic carbocycles. The first-order chi connectivity index (χ1) is 16.4. The summed E-state index contributed by atoms with van der Waals surface area (Å²) in [5, 5.41) is 3.07. The highest BCUT2D eigenvalue weighted by Gasteiger charge is 2.16. The third-order valence-corrected chi connectivity index (χ3v) is 5.71. The van der Waals surface area contributed by atoms with Gasteiger partial charge in [-0.25, -0.2) is 4.79 Å². The summed E-state index contributed by atoms with van der Waals surface area (Å²) < 4.78 is 10.4. The molecule has 0 bridgehead atoms. The maximum Gasteiger partial charge on any atom is 0.317 e. The molecule has 6 heteroatoms. The van der Waals surface area contributed by atoms with Crippen LogP contribution in [-0.4, -0.2) is 37.7 Å². The number of hydrogen-bond acceptors (Lipinski definition) is 4. The Morgan fingerprint density at radius 2 is 1.68 bits per heavy atom. The van der Waals surface area contributed by atoms with E-state index in [-0.39, 0.29) is 18.4 Å². The SMILES string of the molecule is CCN(Cc1ccccc1)C(=O)NCc1cc(C)ccc1-c1cc(CC(=O)OC)ccc1OC. The number of amides is 2. The number of hydrogen-bond donors (Lipinski definition) is 1. The molecule has 0 unspecified atom stereocenters. The van der Waals surface area contributed by atoms with Crippen LogP contribution in [0.1, 0.15) is 29.2 Å². The number of esters is 1. The van der Waals surface area contributed by atoms with Gasteiger partial charge in [0, 0.05) is 25.2 Å². The number of carbonyl (C=O) groups excluding carboxylic acids is 2. The first kappa shape index (κ1) is 24.8. The molecule has 0 radical (unpaired) electrons. The molecule has 2 amide bonds. The van der Waals surface area contributed by atoms with Gasteiger partial charge in [-0.3, -0.25) is 4.79 Å². The van der Waals surface area contributed by atoms with Crippen LogP contribution >= 0.6 is 0 Å². The molecule has 178 valence electrons. The molecule has 34 heavy (non-hydrogen) atoms. The molecular weight excluding hydrogens is 428 g/mol. The minimum absolute atomic E-state index is 0.120. The van der Waals surface area contributed by atoms with Gasteiger partial charge in [-0.2, -0.15) is 0 Å². The van der Waals surface area contributed by atoms with Crippen molar-refractivity contribution >= 4 is 12.0 Å². The van der Waals surface area contributed by atoms with Crippen molar-refractivity contribution in [3.63, 3.8) is 0 Å². The molecule has 0 saturated carbocycles. The second-order valence-electron chi connectivity index (χ2n) is 8.11. The summed E-state index contributed by atoms with van der Waals surface area (Å²) in [5.74, 6) is 0.398. The largest absolute Gasteiger partial charge is 0.496 e. The van der Waals surface area contributed by atoms with Crippen LogP contribution in [-0.2, 0) is 29.0 Å². The average molecular weight is 461 g/mol. The van der Waals surface area contributed by atoms with Gasteiger partial charge in [-0.1, -0.05) is 60.2 Å². The van der Waals surface area contributed by atoms with Crippen LogP contribution < -0.4 is 10.1 Å². The monoisotopic (exact) mass is 460 g/mol. The fourth-order valence-electron chi connectivity index (χ4n) is 3.86. The van der Waals surface area contributed by atoms with Gasteiger partial charge in [-0.05, 0) is 48.2 Å². The number of rotatable bonds is 9. The topological polar surface area (TPSA) is 67.9 Å². The lowest BCUT2D eigenvalue weighted by molar-refractivity contribution is -0.139. The van der Waals surface area contributed by atoms with E-state index in [9.17, 15) is 9.59 Å². The van der Waals surface area contributed by atoms with Crippen LogP contribution in [0.25, 0.3) is 11.1 Å². The number of urea groups is 1. The highest BCUT2D eigenvalue weighted by Crippen LogP contribution is 2.34. The number of nitrogens with one attached hydrogen (secondary N) is 1. The van der Waals surface area contributed by atoms with E-state index >= 15 is 0 Å². The third kappa shape index (κ3) is 6.38. The smallest absolute Gasteiger partial charge is 0.317 e. The maximum absolute atomic E-state index is 13.0. The predicted octanol–water partition coefficient (Wildman–Crippen LogP) is 5.12. The van der Waals surface area contributed by atoms with E-state index in [1.165, 1.54) is 7.11 Å². The Bertz CT molecular complexity index is 1130. The van der Waals surface area contributed by atoms with Gasteiger partial charge >= 0.3 is 12.0 Å². The van der Waals surface area contributed by atoms with Gasteiger partial charge in [0.25, 0.3) is 0 Å². The van der Waals surface area contributed by atoms with Crippen molar-refractivity contribution in [2.45, 2.75) is 33.4 Å². The maximum atomic E-state index is 13.0. The van der Waals surface area contributed by atoms with Gasteiger partial charge in [-0.15, -0.1) is 0 Å². The second kappa shape index (κ2) is 11.9. The lowest BCUT2D eigenvalue weighted by atomic mass is 9.95. The Labute approximate surface area is 201 Å². The number of benzene rings is 3. The zero-order valence-electron chi connectivity index (χ0n) is 20.3. The fourth-order valence-corrected chi connectivity index (χ4v) is 3.86. The second-order valence-corrected chi connectivity index (χ2v) is 8.11. The van der Waals surface area contributed by atoms with E-state index in [2.05, 4.69) is 11.4 Å². The summed E-state index contributed by atoms with van der Waals surface area (Å²) in [4.78, 5) is 26.5. The lowest BCUT2D eigenvalue weighted by Crippen LogP contribution is -2.39. The highest BCUT2D eigenvalue weighted by atomic mass is 16.5. The van der Waals surface area contributed by atoms with Crippen LogP contribution in [0.3, 0.4) is 0 Å². The molecule has 0 aliphatic heterocycles. The van der Waals surface area contributed by atoms with Crippen molar-refractivity contribution in [1.29, 1.82) is 0 Å². The average Bonchev–Trinajstić information content (AvgIpc) is 2.86. The molecule has 0 heterocycles. The van der Waals surface area contributed by atoms with Crippen LogP contribution in [0.5, 0.6) is 5.75 Å². The van der Waals surface area contributed by atoms with E-state index in [1.807, 2.05) is 74.5 Å². The van der Waals surface area contributed by atoms with E-state index in [4.69, 9.17) is 9.47 Å². The summed E-state index contributed by atoms with van der Waals surface area (Å²) in [5.41, 5.74) is 5.79. The Morgan fingerprint density at radius 1 is 0.912 bits per heavy atom. The molecule has 3 aromatic carbocycles. The zero-order valence-corrected chi connectivity index (χ0v) is 20.3. The van der Waals surface area contributed by atoms with E-state index in [0.717, 1.165) is 33.4 Å². The summed E-state index contributed by atoms with van der Waals surface area (Å²) in [7, 11) is 3.00. The van der Waals surface area contributed by atoms with Crippen molar-refractivity contribution < 1.29 is 19.1 Å². The molecule has 0 aromatic heterocycles. The standard InChI is InChI=1S/C28H32N2O4/c1-5-30(19-21-9-7-6-8-10-21)28(32)29-18-23-15-20(2)11-13-24(23)25-16-22(17-27(31)34-4)12-14-26(25)33-3/h6-16H,5,17-19H2,1-4H3,(H,29,32). The molecular formula is C28H32N2O4. The van der Waals surface area contributed by atoms with Gasteiger partial charge in [0.1, 0.15) is 5.75 Å². The zero-order chi connectivity index (χ0) is 24.5. The molecule has 0 spiro atoms. The van der Waals surface area contributed by atoms with E-state index in [0.29, 0.717) is 25.4 Å². The molecule has 0 fully saturated rings. The number of nitrogens with zero attached hydrogens (tertiary/aromatic N) is 1. The fraction of sp³-hybridized carbons (Fsp3) is 0.286. The molecule has 0 aliphatic rings. The highest BCUT2D eigenvalue weighted by molar-refractivity contribution is 5.78. The van der Waals surface area contributed by atoms with Crippen molar-refractivity contribution in [3.05, 3.63) is 89.0 Å². The Morgan fingerprint density at radius 3 is 2.35 bits per heavy atom.